The maximum Gasteiger partial charge on any atom is 0.130 e. The molecule has 0 bridgehead atoms. The molecule has 0 aromatic carbocycles. The minimum Gasteiger partial charge on any atom is -0.357 e. The molecule has 0 radical (unpaired) electrons. The second-order valence-electron chi connectivity index (χ2n) is 5.40. The monoisotopic (exact) mass is 313 g/mol. The lowest BCUT2D eigenvalue weighted by molar-refractivity contribution is 0.538. The third-order valence-electron chi connectivity index (χ3n) is 4.15. The van der Waals surface area contributed by atoms with Crippen LogP contribution < -0.4 is 4.90 Å². The molecule has 1 aliphatic carbocycles. The lowest BCUT2D eigenvalue weighted by Crippen LogP contribution is -2.33. The van der Waals surface area contributed by atoms with Gasteiger partial charge < -0.3 is 4.90 Å². The molecule has 1 aliphatic rings. The van der Waals surface area contributed by atoms with E-state index < -0.39 is 0 Å². The number of nitrogens with zero attached hydrogens (tertiary/aromatic N) is 3. The fourth-order valence-corrected chi connectivity index (χ4v) is 3.76. The fourth-order valence-electron chi connectivity index (χ4n) is 3.11. The molecule has 0 unspecified atom stereocenters. The summed E-state index contributed by atoms with van der Waals surface area (Å²) in [4.78, 5) is 2.46. The van der Waals surface area contributed by atoms with E-state index in [2.05, 4.69) is 46.9 Å². The maximum atomic E-state index is 4.57. The summed E-state index contributed by atoms with van der Waals surface area (Å²) in [7, 11) is 4.29. The van der Waals surface area contributed by atoms with Gasteiger partial charge in [0.2, 0.25) is 0 Å². The molecule has 0 saturated heterocycles. The van der Waals surface area contributed by atoms with Gasteiger partial charge in [-0.05, 0) is 19.8 Å². The summed E-state index contributed by atoms with van der Waals surface area (Å²) in [6.45, 7) is 2.10. The molecule has 0 N–H and O–H groups in total. The van der Waals surface area contributed by atoms with Gasteiger partial charge in [-0.25, -0.2) is 0 Å². The summed E-state index contributed by atoms with van der Waals surface area (Å²) in [5.74, 6) is 1.29. The molecule has 18 heavy (non-hydrogen) atoms. The van der Waals surface area contributed by atoms with Crippen molar-refractivity contribution in [1.29, 1.82) is 0 Å². The second-order valence-corrected chi connectivity index (χ2v) is 5.96. The van der Waals surface area contributed by atoms with Gasteiger partial charge in [0.25, 0.3) is 0 Å². The van der Waals surface area contributed by atoms with Gasteiger partial charge in [0, 0.05) is 31.0 Å². The molecule has 0 atom stereocenters. The van der Waals surface area contributed by atoms with Gasteiger partial charge in [-0.3, -0.25) is 4.68 Å². The van der Waals surface area contributed by atoms with E-state index in [1.807, 2.05) is 4.68 Å². The smallest absolute Gasteiger partial charge is 0.130 e. The average Bonchev–Trinajstić information content (AvgIpc) is 2.57. The number of hydrogen-bond donors (Lipinski definition) is 0. The first-order valence-electron chi connectivity index (χ1n) is 6.96. The van der Waals surface area contributed by atoms with Gasteiger partial charge in [-0.2, -0.15) is 5.10 Å². The molecular weight excluding hydrogens is 290 g/mol. The summed E-state index contributed by atoms with van der Waals surface area (Å²) in [5.41, 5.74) is 2.48. The molecular formula is C14H24BrN3. The minimum atomic E-state index is 0.681. The lowest BCUT2D eigenvalue weighted by atomic mass is 10.1. The van der Waals surface area contributed by atoms with E-state index in [-0.39, 0.29) is 0 Å². The van der Waals surface area contributed by atoms with Gasteiger partial charge in [0.15, 0.2) is 0 Å². The number of hydrogen-bond acceptors (Lipinski definition) is 2. The molecule has 102 valence electrons. The maximum absolute atomic E-state index is 4.57. The highest BCUT2D eigenvalue weighted by atomic mass is 79.9. The molecule has 0 spiro atoms. The van der Waals surface area contributed by atoms with Crippen LogP contribution in [0.1, 0.15) is 49.8 Å². The third kappa shape index (κ3) is 2.73. The Labute approximate surface area is 119 Å². The van der Waals surface area contributed by atoms with Gasteiger partial charge in [-0.1, -0.05) is 41.6 Å². The molecule has 3 nitrogen and oxygen atoms in total. The molecule has 1 saturated carbocycles. The standard InChI is InChI=1S/C14H24BrN3/c1-11-13(10-15)14(18(3)16-11)17(2)12-8-6-4-5-7-9-12/h12H,4-10H2,1-3H3. The largest absolute Gasteiger partial charge is 0.357 e. The zero-order valence-electron chi connectivity index (χ0n) is 11.7. The van der Waals surface area contributed by atoms with Crippen molar-refractivity contribution in [3.05, 3.63) is 11.3 Å². The highest BCUT2D eigenvalue weighted by molar-refractivity contribution is 9.08. The number of halogens is 1. The quantitative estimate of drug-likeness (QED) is 0.625. The van der Waals surface area contributed by atoms with Crippen LogP contribution in [-0.2, 0) is 12.4 Å². The molecule has 1 aromatic rings. The summed E-state index contributed by atoms with van der Waals surface area (Å²) in [5, 5.41) is 5.45. The summed E-state index contributed by atoms with van der Waals surface area (Å²) < 4.78 is 2.04. The topological polar surface area (TPSA) is 21.1 Å². The highest BCUT2D eigenvalue weighted by Crippen LogP contribution is 2.30. The van der Waals surface area contributed by atoms with E-state index in [1.165, 1.54) is 49.9 Å². The van der Waals surface area contributed by atoms with Gasteiger partial charge in [0.05, 0.1) is 5.69 Å². The normalized spacial score (nSPS) is 17.8. The third-order valence-corrected chi connectivity index (χ3v) is 4.71. The van der Waals surface area contributed by atoms with Gasteiger partial charge >= 0.3 is 0 Å². The summed E-state index contributed by atoms with van der Waals surface area (Å²) in [6.07, 6.45) is 8.19. The van der Waals surface area contributed by atoms with E-state index in [0.717, 1.165) is 11.0 Å². The fraction of sp³-hybridized carbons (Fsp3) is 0.786. The Balaban J connectivity index is 2.23. The van der Waals surface area contributed by atoms with Crippen LogP contribution in [0.4, 0.5) is 5.82 Å². The van der Waals surface area contributed by atoms with E-state index in [0.29, 0.717) is 6.04 Å². The average molecular weight is 314 g/mol. The predicted molar refractivity (Wildman–Crippen MR) is 80.5 cm³/mol. The number of rotatable bonds is 3. The zero-order chi connectivity index (χ0) is 13.1. The number of aryl methyl sites for hydroxylation is 2. The van der Waals surface area contributed by atoms with E-state index in [9.17, 15) is 0 Å². The van der Waals surface area contributed by atoms with Crippen LogP contribution in [0.2, 0.25) is 0 Å². The van der Waals surface area contributed by atoms with Crippen LogP contribution >= 0.6 is 15.9 Å². The van der Waals surface area contributed by atoms with Gasteiger partial charge in [-0.15, -0.1) is 0 Å². The first kappa shape index (κ1) is 13.9. The summed E-state index contributed by atoms with van der Waals surface area (Å²) >= 11 is 3.60. The van der Waals surface area contributed by atoms with Crippen molar-refractivity contribution in [1.82, 2.24) is 9.78 Å². The second kappa shape index (κ2) is 6.09. The first-order valence-corrected chi connectivity index (χ1v) is 8.08. The Morgan fingerprint density at radius 3 is 2.44 bits per heavy atom. The molecule has 0 aliphatic heterocycles. The van der Waals surface area contributed by atoms with Crippen LogP contribution in [0.15, 0.2) is 0 Å². The Kier molecular flexibility index (Phi) is 4.71. The van der Waals surface area contributed by atoms with Crippen molar-refractivity contribution in [2.75, 3.05) is 11.9 Å². The van der Waals surface area contributed by atoms with Crippen LogP contribution in [0, 0.1) is 6.92 Å². The van der Waals surface area contributed by atoms with Crippen LogP contribution in [0.3, 0.4) is 0 Å². The molecule has 1 fully saturated rings. The van der Waals surface area contributed by atoms with Crippen molar-refractivity contribution in [2.45, 2.75) is 56.8 Å². The van der Waals surface area contributed by atoms with Crippen molar-refractivity contribution in [3.8, 4) is 0 Å². The molecule has 2 rings (SSSR count). The first-order chi connectivity index (χ1) is 8.65. The Bertz CT molecular complexity index is 392. The molecule has 4 heteroatoms. The number of aromatic nitrogens is 2. The van der Waals surface area contributed by atoms with Crippen LogP contribution in [0.25, 0.3) is 0 Å². The molecule has 1 aromatic heterocycles. The van der Waals surface area contributed by atoms with E-state index in [1.54, 1.807) is 0 Å². The van der Waals surface area contributed by atoms with Crippen molar-refractivity contribution in [2.24, 2.45) is 7.05 Å². The van der Waals surface area contributed by atoms with Crippen molar-refractivity contribution in [3.63, 3.8) is 0 Å². The van der Waals surface area contributed by atoms with E-state index >= 15 is 0 Å². The zero-order valence-corrected chi connectivity index (χ0v) is 13.3. The summed E-state index contributed by atoms with van der Waals surface area (Å²) in [6, 6.07) is 0.681. The Hall–Kier alpha value is -0.510. The molecule has 1 heterocycles. The Morgan fingerprint density at radius 2 is 1.89 bits per heavy atom. The van der Waals surface area contributed by atoms with Crippen molar-refractivity contribution >= 4 is 21.7 Å². The number of alkyl halides is 1. The van der Waals surface area contributed by atoms with Crippen LogP contribution in [-0.4, -0.2) is 22.9 Å². The minimum absolute atomic E-state index is 0.681. The molecule has 0 amide bonds. The SMILES string of the molecule is Cc1nn(C)c(N(C)C2CCCCCC2)c1CBr. The lowest BCUT2D eigenvalue weighted by Gasteiger charge is -2.30. The van der Waals surface area contributed by atoms with E-state index in [4.69, 9.17) is 0 Å². The van der Waals surface area contributed by atoms with Gasteiger partial charge in [0.1, 0.15) is 5.82 Å². The van der Waals surface area contributed by atoms with Crippen molar-refractivity contribution < 1.29 is 0 Å². The number of anilines is 1. The Morgan fingerprint density at radius 1 is 1.28 bits per heavy atom. The predicted octanol–water partition coefficient (Wildman–Crippen LogP) is 3.78. The highest BCUT2D eigenvalue weighted by Gasteiger charge is 2.23. The van der Waals surface area contributed by atoms with Crippen LogP contribution in [0.5, 0.6) is 0 Å².